The average Bonchev–Trinajstić information content (AvgIpc) is 3.84. The maximum absolute atomic E-state index is 12.5. The van der Waals surface area contributed by atoms with Crippen molar-refractivity contribution in [3.63, 3.8) is 0 Å². The molecule has 2 unspecified atom stereocenters. The van der Waals surface area contributed by atoms with Crippen LogP contribution < -0.4 is 31.2 Å². The van der Waals surface area contributed by atoms with Gasteiger partial charge in [0.05, 0.1) is 17.2 Å². The molecular weight excluding hydrogens is 643 g/mol. The normalized spacial score (nSPS) is 12.4. The minimum atomic E-state index is -0.0905. The highest BCUT2D eigenvalue weighted by atomic mass is 32.1. The number of nitrogens with one attached hydrogen (secondary N) is 2. The van der Waals surface area contributed by atoms with E-state index in [0.717, 1.165) is 55.0 Å². The molecule has 0 radical (unpaired) electrons. The van der Waals surface area contributed by atoms with Gasteiger partial charge in [-0.2, -0.15) is 0 Å². The molecule has 48 heavy (non-hydrogen) atoms. The van der Waals surface area contributed by atoms with E-state index < -0.39 is 0 Å². The molecule has 252 valence electrons. The largest absolute Gasteiger partial charge is 0.484 e. The lowest BCUT2D eigenvalue weighted by Crippen LogP contribution is -2.21. The van der Waals surface area contributed by atoms with Crippen molar-refractivity contribution in [1.82, 2.24) is 24.8 Å². The van der Waals surface area contributed by atoms with E-state index in [-0.39, 0.29) is 23.3 Å². The number of hydrogen-bond acceptors (Lipinski definition) is 9. The Hall–Kier alpha value is -4.29. The summed E-state index contributed by atoms with van der Waals surface area (Å²) in [5, 5.41) is 12.9. The fourth-order valence-electron chi connectivity index (χ4n) is 5.36. The Morgan fingerprint density at radius 2 is 1.31 bits per heavy atom. The Kier molecular flexibility index (Phi) is 12.6. The van der Waals surface area contributed by atoms with E-state index in [1.54, 1.807) is 47.5 Å². The van der Waals surface area contributed by atoms with Crippen LogP contribution in [0.3, 0.4) is 0 Å². The summed E-state index contributed by atoms with van der Waals surface area (Å²) in [5.74, 6) is 1.36. The molecule has 9 nitrogen and oxygen atoms in total. The van der Waals surface area contributed by atoms with E-state index in [0.29, 0.717) is 22.0 Å². The maximum atomic E-state index is 12.5. The molecule has 0 spiro atoms. The van der Waals surface area contributed by atoms with Gasteiger partial charge in [-0.05, 0) is 79.4 Å². The van der Waals surface area contributed by atoms with Crippen LogP contribution in [0, 0.1) is 0 Å². The topological polar surface area (TPSA) is 99.4 Å². The van der Waals surface area contributed by atoms with Crippen molar-refractivity contribution in [2.75, 3.05) is 26.2 Å². The third kappa shape index (κ3) is 8.59. The van der Waals surface area contributed by atoms with Gasteiger partial charge in [-0.1, -0.05) is 38.1 Å². The molecule has 0 aliphatic carbocycles. The van der Waals surface area contributed by atoms with Gasteiger partial charge < -0.3 is 29.2 Å². The maximum Gasteiger partial charge on any atom is 0.264 e. The van der Waals surface area contributed by atoms with Gasteiger partial charge in [-0.15, -0.1) is 22.7 Å². The quantitative estimate of drug-likeness (QED) is 0.121. The molecule has 0 aliphatic rings. The van der Waals surface area contributed by atoms with Crippen molar-refractivity contribution in [3.8, 4) is 11.5 Å². The third-order valence-electron chi connectivity index (χ3n) is 7.92. The van der Waals surface area contributed by atoms with Crippen molar-refractivity contribution < 1.29 is 9.47 Å². The van der Waals surface area contributed by atoms with Crippen molar-refractivity contribution in [3.05, 3.63) is 120 Å². The van der Waals surface area contributed by atoms with E-state index in [1.165, 1.54) is 15.8 Å². The molecule has 0 saturated heterocycles. The number of aromatic nitrogens is 3. The summed E-state index contributed by atoms with van der Waals surface area (Å²) in [6.07, 6.45) is 4.95. The summed E-state index contributed by atoms with van der Waals surface area (Å²) in [7, 11) is 3.47. The number of rotatable bonds is 14. The lowest BCUT2D eigenvalue weighted by molar-refractivity contribution is 0.200. The summed E-state index contributed by atoms with van der Waals surface area (Å²) in [6, 6.07) is 21.4. The smallest absolute Gasteiger partial charge is 0.264 e. The first kappa shape index (κ1) is 35.0. The molecule has 0 bridgehead atoms. The Balaban J connectivity index is 0.000000188. The van der Waals surface area contributed by atoms with E-state index in [2.05, 4.69) is 47.0 Å². The first-order valence-electron chi connectivity index (χ1n) is 16.3. The third-order valence-corrected chi connectivity index (χ3v) is 9.84. The summed E-state index contributed by atoms with van der Waals surface area (Å²) >= 11 is 3.37. The number of ether oxygens (including phenoxy) is 2. The van der Waals surface area contributed by atoms with Crippen molar-refractivity contribution in [2.24, 2.45) is 14.1 Å². The first-order chi connectivity index (χ1) is 23.4. The molecule has 0 saturated carbocycles. The SMILES string of the molecule is CCNCCC(Oc1cccc2c(=O)n(C)ccc12)c1cccs1.CCNCCC(Oc1cccc2ncn(C)c(=O)c12)c1cccs1. The standard InChI is InChI=1S/C19H22N2O2S.C18H21N3O2S/c1-3-20-11-9-17(18-8-5-13-24-18)23-16-7-4-6-15-14(16)10-12-21(2)19(15)22;1-3-19-10-9-14(16-8-5-11-24-16)23-15-7-4-6-13-17(15)18(22)21(2)12-20-13/h4-8,10,12-13,17,20H,3,9,11H2,1-2H3;4-8,11-12,14,19H,3,9-10H2,1-2H3. The zero-order valence-electron chi connectivity index (χ0n) is 27.8. The van der Waals surface area contributed by atoms with Gasteiger partial charge in [0, 0.05) is 48.3 Å². The number of thiophene rings is 2. The Bertz CT molecular complexity index is 2000. The lowest BCUT2D eigenvalue weighted by Gasteiger charge is -2.19. The Morgan fingerprint density at radius 3 is 1.92 bits per heavy atom. The van der Waals surface area contributed by atoms with Gasteiger partial charge in [-0.3, -0.25) is 9.59 Å². The molecule has 0 amide bonds. The van der Waals surface area contributed by atoms with Crippen molar-refractivity contribution >= 4 is 44.3 Å². The molecule has 2 atom stereocenters. The summed E-state index contributed by atoms with van der Waals surface area (Å²) < 4.78 is 15.7. The molecule has 6 rings (SSSR count). The number of hydrogen-bond donors (Lipinski definition) is 2. The zero-order valence-corrected chi connectivity index (χ0v) is 29.5. The van der Waals surface area contributed by atoms with E-state index in [9.17, 15) is 9.59 Å². The second-order valence-electron chi connectivity index (χ2n) is 11.3. The molecule has 0 aliphatic heterocycles. The predicted octanol–water partition coefficient (Wildman–Crippen LogP) is 6.83. The highest BCUT2D eigenvalue weighted by molar-refractivity contribution is 7.10. The first-order valence-corrected chi connectivity index (χ1v) is 18.0. The van der Waals surface area contributed by atoms with Gasteiger partial charge in [0.2, 0.25) is 0 Å². The van der Waals surface area contributed by atoms with Crippen LogP contribution >= 0.6 is 22.7 Å². The molecule has 4 aromatic heterocycles. The van der Waals surface area contributed by atoms with Crippen LogP contribution in [0.5, 0.6) is 11.5 Å². The van der Waals surface area contributed by atoms with Crippen molar-refractivity contribution in [1.29, 1.82) is 0 Å². The molecule has 4 heterocycles. The zero-order chi connectivity index (χ0) is 33.9. The van der Waals surface area contributed by atoms with Crippen LogP contribution in [0.25, 0.3) is 21.7 Å². The highest BCUT2D eigenvalue weighted by Gasteiger charge is 2.18. The number of nitrogens with zero attached hydrogens (tertiary/aromatic N) is 3. The van der Waals surface area contributed by atoms with Crippen LogP contribution in [-0.2, 0) is 14.1 Å². The van der Waals surface area contributed by atoms with Gasteiger partial charge in [0.25, 0.3) is 11.1 Å². The number of benzene rings is 2. The van der Waals surface area contributed by atoms with E-state index in [1.807, 2.05) is 60.0 Å². The number of aryl methyl sites for hydroxylation is 2. The van der Waals surface area contributed by atoms with Crippen LogP contribution in [-0.4, -0.2) is 40.3 Å². The number of pyridine rings is 1. The minimum Gasteiger partial charge on any atom is -0.484 e. The molecule has 6 aromatic rings. The van der Waals surface area contributed by atoms with Crippen molar-refractivity contribution in [2.45, 2.75) is 38.9 Å². The molecule has 2 N–H and O–H groups in total. The van der Waals surface area contributed by atoms with E-state index in [4.69, 9.17) is 9.47 Å². The van der Waals surface area contributed by atoms with Crippen LogP contribution in [0.1, 0.15) is 48.7 Å². The van der Waals surface area contributed by atoms with Gasteiger partial charge in [0.1, 0.15) is 29.1 Å². The lowest BCUT2D eigenvalue weighted by atomic mass is 10.1. The Labute approximate surface area is 288 Å². The van der Waals surface area contributed by atoms with Gasteiger partial charge >= 0.3 is 0 Å². The van der Waals surface area contributed by atoms with E-state index >= 15 is 0 Å². The number of fused-ring (bicyclic) bond motifs is 2. The fourth-order valence-corrected chi connectivity index (χ4v) is 6.94. The van der Waals surface area contributed by atoms with Crippen LogP contribution in [0.15, 0.2) is 99.6 Å². The fraction of sp³-hybridized carbons (Fsp3) is 0.324. The Morgan fingerprint density at radius 1 is 0.708 bits per heavy atom. The molecular formula is C37H43N5O4S2. The summed E-state index contributed by atoms with van der Waals surface area (Å²) in [5.41, 5.74) is 0.567. The molecule has 11 heteroatoms. The monoisotopic (exact) mass is 685 g/mol. The predicted molar refractivity (Wildman–Crippen MR) is 198 cm³/mol. The van der Waals surface area contributed by atoms with Crippen LogP contribution in [0.2, 0.25) is 0 Å². The summed E-state index contributed by atoms with van der Waals surface area (Å²) in [6.45, 7) is 7.81. The average molecular weight is 686 g/mol. The van der Waals surface area contributed by atoms with Gasteiger partial charge in [-0.25, -0.2) is 4.98 Å². The highest BCUT2D eigenvalue weighted by Crippen LogP contribution is 2.32. The minimum absolute atomic E-state index is 0.00160. The molecule has 0 fully saturated rings. The molecule has 2 aromatic carbocycles. The summed E-state index contributed by atoms with van der Waals surface area (Å²) in [4.78, 5) is 31.5. The van der Waals surface area contributed by atoms with Crippen LogP contribution in [0.4, 0.5) is 0 Å². The second kappa shape index (κ2) is 17.2. The van der Waals surface area contributed by atoms with Gasteiger partial charge in [0.15, 0.2) is 0 Å². The second-order valence-corrected chi connectivity index (χ2v) is 13.2.